The van der Waals surface area contributed by atoms with E-state index in [1.807, 2.05) is 24.0 Å². The molecule has 2 aromatic heterocycles. The van der Waals surface area contributed by atoms with Gasteiger partial charge in [0.2, 0.25) is 5.91 Å². The van der Waals surface area contributed by atoms with E-state index in [0.29, 0.717) is 13.0 Å². The molecule has 1 amide bonds. The number of primary amides is 1. The molecule has 0 unspecified atom stereocenters. The van der Waals surface area contributed by atoms with Crippen molar-refractivity contribution in [1.82, 2.24) is 9.97 Å². The van der Waals surface area contributed by atoms with E-state index in [4.69, 9.17) is 5.73 Å². The smallest absolute Gasteiger partial charge is 0.240 e. The van der Waals surface area contributed by atoms with Crippen molar-refractivity contribution in [3.63, 3.8) is 0 Å². The molecule has 0 saturated carbocycles. The zero-order valence-corrected chi connectivity index (χ0v) is 13.5. The topological polar surface area (TPSA) is 72.1 Å². The maximum Gasteiger partial charge on any atom is 0.240 e. The Kier molecular flexibility index (Phi) is 3.27. The molecule has 1 aliphatic heterocycles. The monoisotopic (exact) mass is 324 g/mol. The van der Waals surface area contributed by atoms with Crippen molar-refractivity contribution >= 4 is 33.3 Å². The molecule has 3 aromatic rings. The van der Waals surface area contributed by atoms with Crippen molar-refractivity contribution in [3.8, 4) is 0 Å². The maximum absolute atomic E-state index is 12.0. The molecule has 2 N–H and O–H groups in total. The number of fused-ring (bicyclic) bond motifs is 2. The second-order valence-electron chi connectivity index (χ2n) is 5.79. The summed E-state index contributed by atoms with van der Waals surface area (Å²) in [6.45, 7) is 2.68. The number of rotatable bonds is 2. The predicted molar refractivity (Wildman–Crippen MR) is 91.5 cm³/mol. The average Bonchev–Trinajstić information content (AvgIpc) is 2.93. The second kappa shape index (κ2) is 5.31. The Bertz CT molecular complexity index is 904. The summed E-state index contributed by atoms with van der Waals surface area (Å²) in [4.78, 5) is 25.0. The van der Waals surface area contributed by atoms with Gasteiger partial charge in [0.25, 0.3) is 0 Å². The van der Waals surface area contributed by atoms with Gasteiger partial charge in [-0.15, -0.1) is 11.3 Å². The van der Waals surface area contributed by atoms with Gasteiger partial charge in [0, 0.05) is 17.8 Å². The number of hydrogen-bond donors (Lipinski definition) is 1. The summed E-state index contributed by atoms with van der Waals surface area (Å²) in [6.07, 6.45) is 2.17. The molecule has 0 saturated heterocycles. The van der Waals surface area contributed by atoms with Gasteiger partial charge in [-0.05, 0) is 24.1 Å². The number of hydrogen-bond acceptors (Lipinski definition) is 5. The number of nitrogens with zero attached hydrogens (tertiary/aromatic N) is 3. The van der Waals surface area contributed by atoms with E-state index >= 15 is 0 Å². The molecule has 23 heavy (non-hydrogen) atoms. The van der Waals surface area contributed by atoms with Gasteiger partial charge in [0.1, 0.15) is 23.0 Å². The zero-order valence-electron chi connectivity index (χ0n) is 12.7. The molecule has 0 radical (unpaired) electrons. The molecule has 0 aliphatic carbocycles. The fourth-order valence-electron chi connectivity index (χ4n) is 3.19. The van der Waals surface area contributed by atoms with E-state index in [-0.39, 0.29) is 11.9 Å². The lowest BCUT2D eigenvalue weighted by Crippen LogP contribution is -2.49. The molecular formula is C17H16N4OS. The fourth-order valence-corrected chi connectivity index (χ4v) is 4.03. The van der Waals surface area contributed by atoms with Gasteiger partial charge in [-0.3, -0.25) is 4.79 Å². The third kappa shape index (κ3) is 2.35. The number of aryl methyl sites for hydroxylation is 1. The second-order valence-corrected chi connectivity index (χ2v) is 7.03. The number of aromatic nitrogens is 2. The first-order valence-corrected chi connectivity index (χ1v) is 8.29. The molecule has 4 rings (SSSR count). The summed E-state index contributed by atoms with van der Waals surface area (Å²) in [6, 6.07) is 9.87. The van der Waals surface area contributed by atoms with Crippen LogP contribution in [0.5, 0.6) is 0 Å². The van der Waals surface area contributed by atoms with Gasteiger partial charge in [-0.1, -0.05) is 24.3 Å². The van der Waals surface area contributed by atoms with Gasteiger partial charge in [-0.2, -0.15) is 0 Å². The lowest BCUT2D eigenvalue weighted by atomic mass is 9.93. The molecule has 0 spiro atoms. The van der Waals surface area contributed by atoms with Gasteiger partial charge in [0.15, 0.2) is 0 Å². The van der Waals surface area contributed by atoms with Crippen molar-refractivity contribution in [2.45, 2.75) is 25.9 Å². The minimum atomic E-state index is -0.386. The predicted octanol–water partition coefficient (Wildman–Crippen LogP) is 2.42. The summed E-state index contributed by atoms with van der Waals surface area (Å²) in [7, 11) is 0. The highest BCUT2D eigenvalue weighted by Crippen LogP contribution is 2.34. The van der Waals surface area contributed by atoms with Crippen LogP contribution in [0.3, 0.4) is 0 Å². The number of benzene rings is 1. The molecular weight excluding hydrogens is 308 g/mol. The number of anilines is 1. The van der Waals surface area contributed by atoms with Crippen LogP contribution in [0.25, 0.3) is 10.2 Å². The highest BCUT2D eigenvalue weighted by molar-refractivity contribution is 7.18. The molecule has 0 fully saturated rings. The molecule has 1 aromatic carbocycles. The third-order valence-corrected chi connectivity index (χ3v) is 5.24. The highest BCUT2D eigenvalue weighted by Gasteiger charge is 2.32. The lowest BCUT2D eigenvalue weighted by molar-refractivity contribution is -0.119. The van der Waals surface area contributed by atoms with Gasteiger partial charge < -0.3 is 10.6 Å². The van der Waals surface area contributed by atoms with Crippen molar-refractivity contribution in [2.24, 2.45) is 5.73 Å². The molecule has 3 heterocycles. The van der Waals surface area contributed by atoms with Crippen molar-refractivity contribution in [1.29, 1.82) is 0 Å². The van der Waals surface area contributed by atoms with Crippen molar-refractivity contribution < 1.29 is 4.79 Å². The summed E-state index contributed by atoms with van der Waals surface area (Å²) < 4.78 is 0. The van der Waals surface area contributed by atoms with Crippen LogP contribution in [0.4, 0.5) is 5.82 Å². The van der Waals surface area contributed by atoms with Crippen molar-refractivity contribution in [2.75, 3.05) is 4.90 Å². The van der Waals surface area contributed by atoms with E-state index in [1.54, 1.807) is 17.7 Å². The minimum absolute atomic E-state index is 0.321. The van der Waals surface area contributed by atoms with E-state index in [1.165, 1.54) is 16.0 Å². The molecule has 1 atom stereocenters. The van der Waals surface area contributed by atoms with E-state index in [2.05, 4.69) is 28.2 Å². The maximum atomic E-state index is 12.0. The number of thiophene rings is 1. The number of nitrogens with two attached hydrogens (primary N) is 1. The molecule has 5 nitrogen and oxygen atoms in total. The SMILES string of the molecule is Cc1cc2c(N3Cc4ccccc4C[C@@H]3C(N)=O)ncnc2s1. The first kappa shape index (κ1) is 14.1. The van der Waals surface area contributed by atoms with Crippen molar-refractivity contribution in [3.05, 3.63) is 52.7 Å². The minimum Gasteiger partial charge on any atom is -0.368 e. The normalized spacial score (nSPS) is 17.3. The third-order valence-electron chi connectivity index (χ3n) is 4.28. The number of amides is 1. The van der Waals surface area contributed by atoms with Crippen LogP contribution in [0.15, 0.2) is 36.7 Å². The Morgan fingerprint density at radius 3 is 2.87 bits per heavy atom. The Labute approximate surface area is 137 Å². The number of carbonyl (C=O) groups is 1. The highest BCUT2D eigenvalue weighted by atomic mass is 32.1. The Morgan fingerprint density at radius 1 is 1.30 bits per heavy atom. The molecule has 6 heteroatoms. The first-order valence-electron chi connectivity index (χ1n) is 7.47. The van der Waals surface area contributed by atoms with Crippen LogP contribution in [-0.4, -0.2) is 21.9 Å². The Hall–Kier alpha value is -2.47. The largest absolute Gasteiger partial charge is 0.368 e. The van der Waals surface area contributed by atoms with E-state index in [0.717, 1.165) is 16.0 Å². The summed E-state index contributed by atoms with van der Waals surface area (Å²) in [5.41, 5.74) is 8.07. The van der Waals surface area contributed by atoms with Crippen LogP contribution < -0.4 is 10.6 Å². The van der Waals surface area contributed by atoms with Gasteiger partial charge >= 0.3 is 0 Å². The van der Waals surface area contributed by atoms with Crippen LogP contribution in [0, 0.1) is 6.92 Å². The zero-order chi connectivity index (χ0) is 16.0. The first-order chi connectivity index (χ1) is 11.1. The Balaban J connectivity index is 1.86. The fraction of sp³-hybridized carbons (Fsp3) is 0.235. The number of carbonyl (C=O) groups excluding carboxylic acids is 1. The van der Waals surface area contributed by atoms with Crippen LogP contribution >= 0.6 is 11.3 Å². The van der Waals surface area contributed by atoms with E-state index < -0.39 is 0 Å². The van der Waals surface area contributed by atoms with Gasteiger partial charge in [0.05, 0.1) is 5.39 Å². The summed E-state index contributed by atoms with van der Waals surface area (Å²) >= 11 is 1.63. The molecule has 0 bridgehead atoms. The average molecular weight is 324 g/mol. The summed E-state index contributed by atoms with van der Waals surface area (Å²) in [5, 5.41) is 0.987. The standard InChI is InChI=1S/C17H16N4OS/c1-10-6-13-16(19-9-20-17(13)23-10)21-8-12-5-3-2-4-11(12)7-14(21)15(18)22/h2-6,9,14H,7-8H2,1H3,(H2,18,22)/t14-/m1/s1. The van der Waals surface area contributed by atoms with Gasteiger partial charge in [-0.25, -0.2) is 9.97 Å². The summed E-state index contributed by atoms with van der Waals surface area (Å²) in [5.74, 6) is 0.468. The molecule has 1 aliphatic rings. The van der Waals surface area contributed by atoms with Crippen LogP contribution in [0.1, 0.15) is 16.0 Å². The van der Waals surface area contributed by atoms with Crippen LogP contribution in [-0.2, 0) is 17.8 Å². The van der Waals surface area contributed by atoms with Crippen LogP contribution in [0.2, 0.25) is 0 Å². The Morgan fingerprint density at radius 2 is 2.09 bits per heavy atom. The lowest BCUT2D eigenvalue weighted by Gasteiger charge is -2.36. The quantitative estimate of drug-likeness (QED) is 0.786. The molecule has 116 valence electrons. The van der Waals surface area contributed by atoms with E-state index in [9.17, 15) is 4.79 Å².